The molecular formula is C23H19N3O2. The molecule has 1 aliphatic heterocycles. The van der Waals surface area contributed by atoms with Gasteiger partial charge in [0, 0.05) is 18.2 Å². The first-order valence-corrected chi connectivity index (χ1v) is 9.28. The van der Waals surface area contributed by atoms with Crippen LogP contribution in [0.3, 0.4) is 0 Å². The van der Waals surface area contributed by atoms with Gasteiger partial charge in [-0.15, -0.1) is 0 Å². The van der Waals surface area contributed by atoms with Gasteiger partial charge in [0.05, 0.1) is 0 Å². The number of ether oxygens (including phenoxy) is 1. The second-order valence-electron chi connectivity index (χ2n) is 7.02. The number of nitrogens with one attached hydrogen (secondary N) is 1. The first-order valence-electron chi connectivity index (χ1n) is 9.28. The molecule has 3 heterocycles. The molecule has 1 atom stereocenters. The second kappa shape index (κ2) is 6.53. The minimum Gasteiger partial charge on any atom is -0.480 e. The Morgan fingerprint density at radius 1 is 1.07 bits per heavy atom. The third kappa shape index (κ3) is 2.81. The number of hydrogen-bond donors (Lipinski definition) is 1. The number of fused-ring (bicyclic) bond motifs is 2. The third-order valence-electron chi connectivity index (χ3n) is 4.99. The molecule has 1 amide bonds. The number of benzene rings is 2. The average molecular weight is 369 g/mol. The van der Waals surface area contributed by atoms with Crippen molar-refractivity contribution in [2.45, 2.75) is 19.4 Å². The van der Waals surface area contributed by atoms with Crippen LogP contribution in [0.4, 0.5) is 5.82 Å². The Hall–Kier alpha value is -3.60. The highest BCUT2D eigenvalue weighted by Crippen LogP contribution is 2.31. The molecule has 0 saturated carbocycles. The van der Waals surface area contributed by atoms with Gasteiger partial charge in [-0.1, -0.05) is 54.6 Å². The number of rotatable bonds is 3. The third-order valence-corrected chi connectivity index (χ3v) is 4.99. The molecule has 1 unspecified atom stereocenters. The van der Waals surface area contributed by atoms with Crippen molar-refractivity contribution in [3.05, 3.63) is 84.1 Å². The first kappa shape index (κ1) is 16.6. The van der Waals surface area contributed by atoms with Crippen molar-refractivity contribution in [3.63, 3.8) is 0 Å². The molecule has 28 heavy (non-hydrogen) atoms. The van der Waals surface area contributed by atoms with Crippen molar-refractivity contribution in [3.8, 4) is 17.0 Å². The maximum atomic E-state index is 13.0. The molecule has 0 aliphatic carbocycles. The van der Waals surface area contributed by atoms with Crippen LogP contribution in [0.1, 0.15) is 11.1 Å². The minimum absolute atomic E-state index is 0.170. The standard InChI is InChI=1S/C23H19N3O2/c1-15-11-12-20-24-21(16-7-3-2-4-8-16)22(26(20)14-15)25-23(27)19-13-17-9-5-6-10-18(17)28-19/h2-12,14,19H,13H2,1H3,(H,25,27). The zero-order valence-electron chi connectivity index (χ0n) is 15.4. The number of anilines is 1. The molecule has 0 radical (unpaired) electrons. The van der Waals surface area contributed by atoms with Crippen molar-refractivity contribution in [2.75, 3.05) is 5.32 Å². The fraction of sp³-hybridized carbons (Fsp3) is 0.130. The highest BCUT2D eigenvalue weighted by molar-refractivity contribution is 5.98. The maximum Gasteiger partial charge on any atom is 0.266 e. The van der Waals surface area contributed by atoms with Crippen molar-refractivity contribution in [2.24, 2.45) is 0 Å². The Morgan fingerprint density at radius 2 is 1.86 bits per heavy atom. The Morgan fingerprint density at radius 3 is 2.68 bits per heavy atom. The summed E-state index contributed by atoms with van der Waals surface area (Å²) in [6.45, 7) is 2.02. The van der Waals surface area contributed by atoms with E-state index in [1.165, 1.54) is 0 Å². The van der Waals surface area contributed by atoms with Crippen LogP contribution in [0.25, 0.3) is 16.9 Å². The highest BCUT2D eigenvalue weighted by atomic mass is 16.5. The summed E-state index contributed by atoms with van der Waals surface area (Å²) in [5.74, 6) is 1.27. The molecule has 4 aromatic rings. The number of carbonyl (C=O) groups excluding carboxylic acids is 1. The molecular weight excluding hydrogens is 350 g/mol. The molecule has 2 aromatic carbocycles. The Bertz CT molecular complexity index is 1160. The van der Waals surface area contributed by atoms with Crippen LogP contribution in [-0.4, -0.2) is 21.4 Å². The lowest BCUT2D eigenvalue weighted by Crippen LogP contribution is -2.32. The largest absolute Gasteiger partial charge is 0.480 e. The summed E-state index contributed by atoms with van der Waals surface area (Å²) < 4.78 is 7.79. The van der Waals surface area contributed by atoms with Crippen LogP contribution in [0.5, 0.6) is 5.75 Å². The molecule has 5 nitrogen and oxygen atoms in total. The number of pyridine rings is 1. The number of aryl methyl sites for hydroxylation is 1. The number of amides is 1. The molecule has 138 valence electrons. The van der Waals surface area contributed by atoms with Crippen LogP contribution < -0.4 is 10.1 Å². The molecule has 0 fully saturated rings. The average Bonchev–Trinajstić information content (AvgIpc) is 3.30. The van der Waals surface area contributed by atoms with E-state index in [4.69, 9.17) is 9.72 Å². The van der Waals surface area contributed by atoms with Crippen molar-refractivity contribution in [1.82, 2.24) is 9.38 Å². The van der Waals surface area contributed by atoms with Gasteiger partial charge in [0.15, 0.2) is 6.10 Å². The summed E-state index contributed by atoms with van der Waals surface area (Å²) in [6, 6.07) is 21.6. The van der Waals surface area contributed by atoms with E-state index in [9.17, 15) is 4.79 Å². The van der Waals surface area contributed by atoms with Crippen LogP contribution in [0.15, 0.2) is 72.9 Å². The molecule has 1 N–H and O–H groups in total. The maximum absolute atomic E-state index is 13.0. The Balaban J connectivity index is 1.53. The van der Waals surface area contributed by atoms with Crippen LogP contribution in [-0.2, 0) is 11.2 Å². The fourth-order valence-electron chi connectivity index (χ4n) is 3.59. The van der Waals surface area contributed by atoms with Gasteiger partial charge in [-0.2, -0.15) is 0 Å². The fourth-order valence-corrected chi connectivity index (χ4v) is 3.59. The lowest BCUT2D eigenvalue weighted by Gasteiger charge is -2.13. The van der Waals surface area contributed by atoms with Gasteiger partial charge in [0.25, 0.3) is 5.91 Å². The van der Waals surface area contributed by atoms with Gasteiger partial charge >= 0.3 is 0 Å². The van der Waals surface area contributed by atoms with Gasteiger partial charge in [0.2, 0.25) is 0 Å². The van der Waals surface area contributed by atoms with Crippen LogP contribution >= 0.6 is 0 Å². The van der Waals surface area contributed by atoms with Crippen molar-refractivity contribution in [1.29, 1.82) is 0 Å². The number of hydrogen-bond acceptors (Lipinski definition) is 3. The quantitative estimate of drug-likeness (QED) is 0.587. The summed E-state index contributed by atoms with van der Waals surface area (Å²) in [7, 11) is 0. The topological polar surface area (TPSA) is 55.6 Å². The molecule has 0 saturated heterocycles. The number of aromatic nitrogens is 2. The predicted octanol–water partition coefficient (Wildman–Crippen LogP) is 4.25. The Labute approximate surface area is 162 Å². The smallest absolute Gasteiger partial charge is 0.266 e. The van der Waals surface area contributed by atoms with Crippen molar-refractivity contribution < 1.29 is 9.53 Å². The van der Waals surface area contributed by atoms with Gasteiger partial charge in [-0.25, -0.2) is 4.98 Å². The van der Waals surface area contributed by atoms with E-state index < -0.39 is 6.10 Å². The summed E-state index contributed by atoms with van der Waals surface area (Å²) in [5, 5.41) is 3.07. The van der Waals surface area contributed by atoms with E-state index in [0.29, 0.717) is 12.2 Å². The monoisotopic (exact) mass is 369 g/mol. The molecule has 2 aromatic heterocycles. The van der Waals surface area contributed by atoms with Crippen LogP contribution in [0, 0.1) is 6.92 Å². The number of imidazole rings is 1. The summed E-state index contributed by atoms with van der Waals surface area (Å²) in [4.78, 5) is 17.8. The molecule has 5 heteroatoms. The van der Waals surface area contributed by atoms with E-state index in [-0.39, 0.29) is 5.91 Å². The zero-order chi connectivity index (χ0) is 19.1. The lowest BCUT2D eigenvalue weighted by atomic mass is 10.1. The lowest BCUT2D eigenvalue weighted by molar-refractivity contribution is -0.122. The normalized spacial score (nSPS) is 15.2. The van der Waals surface area contributed by atoms with E-state index in [0.717, 1.165) is 33.8 Å². The number of nitrogens with zero attached hydrogens (tertiary/aromatic N) is 2. The SMILES string of the molecule is Cc1ccc2nc(-c3ccccc3)c(NC(=O)C3Cc4ccccc4O3)n2c1. The number of para-hydroxylation sites is 1. The predicted molar refractivity (Wildman–Crippen MR) is 109 cm³/mol. The molecule has 1 aliphatic rings. The highest BCUT2D eigenvalue weighted by Gasteiger charge is 2.30. The van der Waals surface area contributed by atoms with Gasteiger partial charge < -0.3 is 10.1 Å². The Kier molecular flexibility index (Phi) is 3.86. The minimum atomic E-state index is -0.545. The zero-order valence-corrected chi connectivity index (χ0v) is 15.4. The van der Waals surface area contributed by atoms with Gasteiger partial charge in [-0.05, 0) is 30.2 Å². The molecule has 5 rings (SSSR count). The van der Waals surface area contributed by atoms with Crippen molar-refractivity contribution >= 4 is 17.4 Å². The summed E-state index contributed by atoms with van der Waals surface area (Å²) in [5.41, 5.74) is 4.63. The van der Waals surface area contributed by atoms with E-state index >= 15 is 0 Å². The first-order chi connectivity index (χ1) is 13.7. The molecule has 0 bridgehead atoms. The van der Waals surface area contributed by atoms with E-state index in [2.05, 4.69) is 5.32 Å². The van der Waals surface area contributed by atoms with Gasteiger partial charge in [0.1, 0.15) is 22.9 Å². The van der Waals surface area contributed by atoms with E-state index in [1.807, 2.05) is 84.3 Å². The summed E-state index contributed by atoms with van der Waals surface area (Å²) >= 11 is 0. The number of carbonyl (C=O) groups is 1. The summed E-state index contributed by atoms with van der Waals surface area (Å²) in [6.07, 6.45) is 2.00. The van der Waals surface area contributed by atoms with Gasteiger partial charge in [-0.3, -0.25) is 9.20 Å². The van der Waals surface area contributed by atoms with Crippen LogP contribution in [0.2, 0.25) is 0 Å². The second-order valence-corrected chi connectivity index (χ2v) is 7.02. The van der Waals surface area contributed by atoms with E-state index in [1.54, 1.807) is 0 Å². The molecule has 0 spiro atoms.